The third kappa shape index (κ3) is 1.78. The van der Waals surface area contributed by atoms with E-state index in [1.807, 2.05) is 35.9 Å². The second-order valence-electron chi connectivity index (χ2n) is 3.47. The maximum Gasteiger partial charge on any atom is 0.144 e. The van der Waals surface area contributed by atoms with Crippen LogP contribution in [0.25, 0.3) is 5.69 Å². The minimum absolute atomic E-state index is 0.473. The molecule has 84 valence electrons. The summed E-state index contributed by atoms with van der Waals surface area (Å²) in [6.07, 6.45) is 1.79. The summed E-state index contributed by atoms with van der Waals surface area (Å²) in [5.74, 6) is 1.27. The van der Waals surface area contributed by atoms with Crippen molar-refractivity contribution in [3.63, 3.8) is 0 Å². The smallest absolute Gasteiger partial charge is 0.144 e. The molecule has 3 nitrogen and oxygen atoms in total. The number of para-hydroxylation sites is 2. The van der Waals surface area contributed by atoms with E-state index in [-0.39, 0.29) is 0 Å². The van der Waals surface area contributed by atoms with Gasteiger partial charge in [0.25, 0.3) is 0 Å². The van der Waals surface area contributed by atoms with E-state index in [1.54, 1.807) is 13.3 Å². The Labute approximate surface area is 99.6 Å². The molecule has 0 radical (unpaired) electrons. The van der Waals surface area contributed by atoms with Crippen LogP contribution in [0.2, 0.25) is 0 Å². The van der Waals surface area contributed by atoms with Crippen molar-refractivity contribution < 1.29 is 4.74 Å². The van der Waals surface area contributed by atoms with Crippen LogP contribution in [0.4, 0.5) is 0 Å². The molecule has 0 saturated carbocycles. The van der Waals surface area contributed by atoms with E-state index in [0.29, 0.717) is 5.88 Å². The van der Waals surface area contributed by atoms with Crippen molar-refractivity contribution in [2.24, 2.45) is 0 Å². The van der Waals surface area contributed by atoms with Gasteiger partial charge < -0.3 is 4.74 Å². The number of hydrogen-bond acceptors (Lipinski definition) is 2. The number of methoxy groups -OCH3 is 1. The number of rotatable bonds is 3. The van der Waals surface area contributed by atoms with Crippen molar-refractivity contribution in [3.05, 3.63) is 41.7 Å². The fraction of sp³-hybridized carbons (Fsp3) is 0.250. The normalized spacial score (nSPS) is 10.4. The van der Waals surface area contributed by atoms with Gasteiger partial charge in [0.1, 0.15) is 11.4 Å². The fourth-order valence-electron chi connectivity index (χ4n) is 1.62. The largest absolute Gasteiger partial charge is 0.494 e. The summed E-state index contributed by atoms with van der Waals surface area (Å²) >= 11 is 5.82. The zero-order valence-electron chi connectivity index (χ0n) is 9.27. The minimum atomic E-state index is 0.473. The van der Waals surface area contributed by atoms with Gasteiger partial charge in [0.15, 0.2) is 0 Å². The Morgan fingerprint density at radius 1 is 1.38 bits per heavy atom. The summed E-state index contributed by atoms with van der Waals surface area (Å²) < 4.78 is 7.15. The van der Waals surface area contributed by atoms with Crippen LogP contribution in [-0.4, -0.2) is 16.9 Å². The molecule has 0 fully saturated rings. The van der Waals surface area contributed by atoms with Crippen molar-refractivity contribution in [1.82, 2.24) is 9.78 Å². The molecule has 1 heterocycles. The lowest BCUT2D eigenvalue weighted by molar-refractivity contribution is 0.411. The summed E-state index contributed by atoms with van der Waals surface area (Å²) in [4.78, 5) is 0. The van der Waals surface area contributed by atoms with Gasteiger partial charge in [-0.25, -0.2) is 4.68 Å². The van der Waals surface area contributed by atoms with Gasteiger partial charge in [-0.15, -0.1) is 11.6 Å². The average Bonchev–Trinajstić information content (AvgIpc) is 2.70. The molecule has 0 unspecified atom stereocenters. The molecule has 0 aliphatic rings. The Bertz CT molecular complexity index is 494. The average molecular weight is 237 g/mol. The molecule has 0 bridgehead atoms. The highest BCUT2D eigenvalue weighted by Gasteiger charge is 2.10. The van der Waals surface area contributed by atoms with Crippen LogP contribution in [0, 0.1) is 6.92 Å². The third-order valence-corrected chi connectivity index (χ3v) is 2.86. The van der Waals surface area contributed by atoms with E-state index in [2.05, 4.69) is 5.10 Å². The molecule has 1 aromatic carbocycles. The molecule has 16 heavy (non-hydrogen) atoms. The Morgan fingerprint density at radius 3 is 2.75 bits per heavy atom. The summed E-state index contributed by atoms with van der Waals surface area (Å²) in [7, 11) is 1.65. The van der Waals surface area contributed by atoms with Gasteiger partial charge in [-0.1, -0.05) is 12.1 Å². The molecule has 0 N–H and O–H groups in total. The Hall–Kier alpha value is -1.48. The van der Waals surface area contributed by atoms with Crippen LogP contribution in [-0.2, 0) is 5.88 Å². The lowest BCUT2D eigenvalue weighted by atomic mass is 10.2. The van der Waals surface area contributed by atoms with Gasteiger partial charge in [0.05, 0.1) is 19.2 Å². The molecular weight excluding hydrogens is 224 g/mol. The van der Waals surface area contributed by atoms with Gasteiger partial charge >= 0.3 is 0 Å². The quantitative estimate of drug-likeness (QED) is 0.767. The number of alkyl halides is 1. The van der Waals surface area contributed by atoms with Crippen LogP contribution in [0.5, 0.6) is 5.75 Å². The van der Waals surface area contributed by atoms with Gasteiger partial charge in [-0.05, 0) is 19.1 Å². The van der Waals surface area contributed by atoms with E-state index in [0.717, 1.165) is 22.7 Å². The molecule has 2 rings (SSSR count). The number of halogens is 1. The summed E-state index contributed by atoms with van der Waals surface area (Å²) in [5.41, 5.74) is 3.01. The van der Waals surface area contributed by atoms with E-state index >= 15 is 0 Å². The molecule has 0 spiro atoms. The second-order valence-corrected chi connectivity index (χ2v) is 3.74. The first-order valence-corrected chi connectivity index (χ1v) is 5.54. The molecular formula is C12H13ClN2O. The first-order valence-electron chi connectivity index (χ1n) is 5.00. The standard InChI is InChI=1S/C12H13ClN2O/c1-9-10(7-13)8-14-15(9)11-5-3-4-6-12(11)16-2/h3-6,8H,7H2,1-2H3. The number of aromatic nitrogens is 2. The molecule has 0 aliphatic heterocycles. The van der Waals surface area contributed by atoms with Gasteiger partial charge in [-0.3, -0.25) is 0 Å². The van der Waals surface area contributed by atoms with Crippen LogP contribution in [0.1, 0.15) is 11.3 Å². The predicted molar refractivity (Wildman–Crippen MR) is 64.4 cm³/mol. The highest BCUT2D eigenvalue weighted by Crippen LogP contribution is 2.24. The van der Waals surface area contributed by atoms with Crippen molar-refractivity contribution in [3.8, 4) is 11.4 Å². The van der Waals surface area contributed by atoms with E-state index in [9.17, 15) is 0 Å². The lowest BCUT2D eigenvalue weighted by Crippen LogP contribution is -2.01. The van der Waals surface area contributed by atoms with Crippen molar-refractivity contribution in [2.75, 3.05) is 7.11 Å². The van der Waals surface area contributed by atoms with Gasteiger partial charge in [-0.2, -0.15) is 5.10 Å². The first kappa shape index (κ1) is 11.0. The molecule has 0 saturated heterocycles. The molecule has 4 heteroatoms. The van der Waals surface area contributed by atoms with Crippen LogP contribution >= 0.6 is 11.6 Å². The summed E-state index contributed by atoms with van der Waals surface area (Å²) in [6.45, 7) is 2.00. The SMILES string of the molecule is COc1ccccc1-n1ncc(CCl)c1C. The van der Waals surface area contributed by atoms with Crippen LogP contribution in [0.15, 0.2) is 30.5 Å². The van der Waals surface area contributed by atoms with Crippen molar-refractivity contribution in [1.29, 1.82) is 0 Å². The maximum atomic E-state index is 5.82. The number of ether oxygens (including phenoxy) is 1. The van der Waals surface area contributed by atoms with Gasteiger partial charge in [0.2, 0.25) is 0 Å². The topological polar surface area (TPSA) is 27.1 Å². The zero-order valence-corrected chi connectivity index (χ0v) is 10.0. The van der Waals surface area contributed by atoms with Crippen molar-refractivity contribution in [2.45, 2.75) is 12.8 Å². The summed E-state index contributed by atoms with van der Waals surface area (Å²) in [5, 5.41) is 4.32. The minimum Gasteiger partial charge on any atom is -0.494 e. The van der Waals surface area contributed by atoms with Crippen LogP contribution < -0.4 is 4.74 Å². The van der Waals surface area contributed by atoms with E-state index in [1.165, 1.54) is 0 Å². The summed E-state index contributed by atoms with van der Waals surface area (Å²) in [6, 6.07) is 7.77. The number of nitrogens with zero attached hydrogens (tertiary/aromatic N) is 2. The van der Waals surface area contributed by atoms with Gasteiger partial charge in [0, 0.05) is 11.3 Å². The molecule has 1 aromatic heterocycles. The van der Waals surface area contributed by atoms with Crippen LogP contribution in [0.3, 0.4) is 0 Å². The highest BCUT2D eigenvalue weighted by atomic mass is 35.5. The lowest BCUT2D eigenvalue weighted by Gasteiger charge is -2.09. The molecule has 2 aromatic rings. The van der Waals surface area contributed by atoms with Crippen molar-refractivity contribution >= 4 is 11.6 Å². The molecule has 0 amide bonds. The Kier molecular flexibility index (Phi) is 3.15. The third-order valence-electron chi connectivity index (χ3n) is 2.57. The number of hydrogen-bond donors (Lipinski definition) is 0. The predicted octanol–water partition coefficient (Wildman–Crippen LogP) is 2.93. The fourth-order valence-corrected chi connectivity index (χ4v) is 1.88. The zero-order chi connectivity index (χ0) is 11.5. The number of benzene rings is 1. The Balaban J connectivity index is 2.54. The second kappa shape index (κ2) is 4.58. The van der Waals surface area contributed by atoms with E-state index in [4.69, 9.17) is 16.3 Å². The molecule has 0 aliphatic carbocycles. The maximum absolute atomic E-state index is 5.82. The first-order chi connectivity index (χ1) is 7.77. The van der Waals surface area contributed by atoms with E-state index < -0.39 is 0 Å². The Morgan fingerprint density at radius 2 is 2.12 bits per heavy atom. The highest BCUT2D eigenvalue weighted by molar-refractivity contribution is 6.17. The monoisotopic (exact) mass is 236 g/mol. The molecule has 0 atom stereocenters.